The van der Waals surface area contributed by atoms with Crippen LogP contribution in [0.25, 0.3) is 0 Å². The molecule has 1 aliphatic heterocycles. The number of aromatic hydroxyl groups is 1. The van der Waals surface area contributed by atoms with Gasteiger partial charge in [-0.15, -0.1) is 11.8 Å². The number of hydrogen-bond donors (Lipinski definition) is 4. The molecule has 0 unspecified atom stereocenters. The Morgan fingerprint density at radius 2 is 1.68 bits per heavy atom. The molecule has 4 rings (SSSR count). The first kappa shape index (κ1) is 30.1. The molecule has 3 aromatic carbocycles. The molecule has 9 heteroatoms. The van der Waals surface area contributed by atoms with Crippen LogP contribution in [0.2, 0.25) is 0 Å². The quantitative estimate of drug-likeness (QED) is 0.309. The lowest BCUT2D eigenvalue weighted by atomic mass is 9.96. The van der Waals surface area contributed by atoms with Gasteiger partial charge in [-0.2, -0.15) is 0 Å². The smallest absolute Gasteiger partial charge is 0.254 e. The zero-order valence-corrected chi connectivity index (χ0v) is 24.6. The summed E-state index contributed by atoms with van der Waals surface area (Å²) in [7, 11) is 0. The molecule has 4 N–H and O–H groups in total. The van der Waals surface area contributed by atoms with Crippen LogP contribution in [-0.4, -0.2) is 61.6 Å². The maximum Gasteiger partial charge on any atom is 0.254 e. The molecule has 216 valence electrons. The van der Waals surface area contributed by atoms with Crippen molar-refractivity contribution >= 4 is 29.5 Å². The van der Waals surface area contributed by atoms with E-state index in [1.807, 2.05) is 75.4 Å². The lowest BCUT2D eigenvalue weighted by molar-refractivity contribution is -0.147. The summed E-state index contributed by atoms with van der Waals surface area (Å²) in [5, 5.41) is 27.0. The summed E-state index contributed by atoms with van der Waals surface area (Å²) in [5.74, 6) is -1.13. The van der Waals surface area contributed by atoms with Crippen molar-refractivity contribution in [2.75, 3.05) is 5.88 Å². The maximum atomic E-state index is 13.8. The molecular formula is C32H37N3O5S. The van der Waals surface area contributed by atoms with Gasteiger partial charge < -0.3 is 25.7 Å². The second-order valence-corrected chi connectivity index (χ2v) is 12.5. The summed E-state index contributed by atoms with van der Waals surface area (Å²) in [6.45, 7) is 7.82. The minimum absolute atomic E-state index is 0.0380. The number of aryl methyl sites for hydroxylation is 2. The Kier molecular flexibility index (Phi) is 9.40. The highest BCUT2D eigenvalue weighted by Crippen LogP contribution is 2.40. The monoisotopic (exact) mass is 575 g/mol. The second kappa shape index (κ2) is 12.8. The zero-order valence-electron chi connectivity index (χ0n) is 23.8. The summed E-state index contributed by atoms with van der Waals surface area (Å²) < 4.78 is -0.591. The highest BCUT2D eigenvalue weighted by Gasteiger charge is 2.49. The van der Waals surface area contributed by atoms with Gasteiger partial charge in [-0.05, 0) is 74.6 Å². The third-order valence-electron chi connectivity index (χ3n) is 7.50. The Balaban J connectivity index is 1.55. The second-order valence-electron chi connectivity index (χ2n) is 10.9. The first-order chi connectivity index (χ1) is 19.5. The van der Waals surface area contributed by atoms with Gasteiger partial charge in [0.1, 0.15) is 11.8 Å². The molecule has 1 fully saturated rings. The fourth-order valence-electron chi connectivity index (χ4n) is 5.10. The molecule has 0 aliphatic carbocycles. The van der Waals surface area contributed by atoms with Crippen LogP contribution in [0.1, 0.15) is 46.5 Å². The van der Waals surface area contributed by atoms with Gasteiger partial charge in [-0.25, -0.2) is 0 Å². The Labute approximate surface area is 245 Å². The number of amides is 3. The zero-order chi connectivity index (χ0) is 29.7. The van der Waals surface area contributed by atoms with Crippen LogP contribution in [0, 0.1) is 13.8 Å². The third kappa shape index (κ3) is 7.10. The predicted octanol–water partition coefficient (Wildman–Crippen LogP) is 3.71. The fourth-order valence-corrected chi connectivity index (χ4v) is 6.24. The van der Waals surface area contributed by atoms with E-state index < -0.39 is 34.7 Å². The van der Waals surface area contributed by atoms with Crippen molar-refractivity contribution in [2.45, 2.75) is 63.6 Å². The summed E-state index contributed by atoms with van der Waals surface area (Å²) in [6.07, 6.45) is -1.40. The Hall–Kier alpha value is -3.82. The molecule has 3 amide bonds. The number of hydrogen-bond acceptors (Lipinski definition) is 6. The minimum Gasteiger partial charge on any atom is -0.508 e. The highest BCUT2D eigenvalue weighted by atomic mass is 32.2. The van der Waals surface area contributed by atoms with E-state index in [0.29, 0.717) is 17.7 Å². The highest BCUT2D eigenvalue weighted by molar-refractivity contribution is 8.00. The number of phenolic OH excluding ortho intramolecular Hbond substituents is 1. The van der Waals surface area contributed by atoms with Crippen molar-refractivity contribution in [3.8, 4) is 5.75 Å². The summed E-state index contributed by atoms with van der Waals surface area (Å²) in [5.41, 5.74) is 3.75. The van der Waals surface area contributed by atoms with Crippen molar-refractivity contribution in [2.24, 2.45) is 0 Å². The van der Waals surface area contributed by atoms with Crippen molar-refractivity contribution < 1.29 is 24.6 Å². The largest absolute Gasteiger partial charge is 0.508 e. The van der Waals surface area contributed by atoms with E-state index in [0.717, 1.165) is 16.7 Å². The maximum absolute atomic E-state index is 13.8. The van der Waals surface area contributed by atoms with E-state index in [-0.39, 0.29) is 24.0 Å². The van der Waals surface area contributed by atoms with E-state index in [1.165, 1.54) is 34.9 Å². The Bertz CT molecular complexity index is 1410. The SMILES string of the molecule is Cc1ccccc1CNC(=O)[C@H]1N(C(=O)[C@@H](O)[C@H](Cc2ccccc2)NC(=O)c2ccc(O)cc2C)CSC1(C)C. The number of thioether (sulfide) groups is 1. The molecule has 0 radical (unpaired) electrons. The molecule has 1 saturated heterocycles. The molecule has 0 spiro atoms. The molecule has 8 nitrogen and oxygen atoms in total. The van der Waals surface area contributed by atoms with Crippen LogP contribution in [0.15, 0.2) is 72.8 Å². The lowest BCUT2D eigenvalue weighted by Gasteiger charge is -2.33. The summed E-state index contributed by atoms with van der Waals surface area (Å²) in [4.78, 5) is 42.0. The van der Waals surface area contributed by atoms with Gasteiger partial charge in [0.2, 0.25) is 5.91 Å². The topological polar surface area (TPSA) is 119 Å². The Morgan fingerprint density at radius 3 is 2.37 bits per heavy atom. The van der Waals surface area contributed by atoms with Gasteiger partial charge >= 0.3 is 0 Å². The van der Waals surface area contributed by atoms with E-state index >= 15 is 0 Å². The summed E-state index contributed by atoms with van der Waals surface area (Å²) >= 11 is 1.47. The number of benzene rings is 3. The molecule has 41 heavy (non-hydrogen) atoms. The number of aliphatic hydroxyl groups excluding tert-OH is 1. The van der Waals surface area contributed by atoms with Crippen LogP contribution >= 0.6 is 11.8 Å². The summed E-state index contributed by atoms with van der Waals surface area (Å²) in [6, 6.07) is 19.7. The Morgan fingerprint density at radius 1 is 1.00 bits per heavy atom. The fraction of sp³-hybridized carbons (Fsp3) is 0.344. The van der Waals surface area contributed by atoms with Crippen LogP contribution in [0.3, 0.4) is 0 Å². The molecule has 0 saturated carbocycles. The van der Waals surface area contributed by atoms with Crippen LogP contribution in [0.5, 0.6) is 5.75 Å². The number of carbonyl (C=O) groups is 3. The van der Waals surface area contributed by atoms with Crippen molar-refractivity contribution in [1.29, 1.82) is 0 Å². The van der Waals surface area contributed by atoms with Gasteiger partial charge in [0.05, 0.1) is 11.9 Å². The lowest BCUT2D eigenvalue weighted by Crippen LogP contribution is -2.58. The van der Waals surface area contributed by atoms with Crippen LogP contribution < -0.4 is 10.6 Å². The predicted molar refractivity (Wildman–Crippen MR) is 160 cm³/mol. The molecule has 1 aliphatic rings. The number of phenols is 1. The number of nitrogens with one attached hydrogen (secondary N) is 2. The minimum atomic E-state index is -1.60. The standard InChI is InChI=1S/C32H37N3O5S/c1-20-10-8-9-13-23(20)18-33-30(39)28-32(3,4)41-19-35(28)31(40)27(37)26(17-22-11-6-5-7-12-22)34-29(38)25-15-14-24(36)16-21(25)2/h5-16,26-28,36-37H,17-19H2,1-4H3,(H,33,39)(H,34,38)/t26-,27-,28+/m0/s1. The molecular weight excluding hydrogens is 538 g/mol. The molecule has 1 heterocycles. The number of aliphatic hydroxyl groups is 1. The molecule has 3 atom stereocenters. The molecule has 3 aromatic rings. The van der Waals surface area contributed by atoms with Crippen molar-refractivity contribution in [1.82, 2.24) is 15.5 Å². The average molecular weight is 576 g/mol. The molecule has 0 bridgehead atoms. The first-order valence-electron chi connectivity index (χ1n) is 13.6. The average Bonchev–Trinajstić information content (AvgIpc) is 3.26. The van der Waals surface area contributed by atoms with Crippen LogP contribution in [-0.2, 0) is 22.6 Å². The van der Waals surface area contributed by atoms with Gasteiger partial charge in [-0.1, -0.05) is 54.6 Å². The number of nitrogens with zero attached hydrogens (tertiary/aromatic N) is 1. The van der Waals surface area contributed by atoms with E-state index in [2.05, 4.69) is 10.6 Å². The number of rotatable bonds is 9. The first-order valence-corrected chi connectivity index (χ1v) is 14.6. The van der Waals surface area contributed by atoms with Gasteiger partial charge in [-0.3, -0.25) is 14.4 Å². The van der Waals surface area contributed by atoms with Gasteiger partial charge in [0.15, 0.2) is 6.10 Å². The van der Waals surface area contributed by atoms with Crippen molar-refractivity contribution in [3.05, 3.63) is 101 Å². The van der Waals surface area contributed by atoms with E-state index in [9.17, 15) is 24.6 Å². The van der Waals surface area contributed by atoms with Gasteiger partial charge in [0, 0.05) is 16.9 Å². The van der Waals surface area contributed by atoms with Gasteiger partial charge in [0.25, 0.3) is 11.8 Å². The normalized spacial score (nSPS) is 17.5. The molecule has 0 aromatic heterocycles. The third-order valence-corrected chi connectivity index (χ3v) is 8.87. The van der Waals surface area contributed by atoms with E-state index in [4.69, 9.17) is 0 Å². The number of carbonyl (C=O) groups excluding carboxylic acids is 3. The van der Waals surface area contributed by atoms with Crippen molar-refractivity contribution in [3.63, 3.8) is 0 Å². The van der Waals surface area contributed by atoms with E-state index in [1.54, 1.807) is 6.92 Å². The van der Waals surface area contributed by atoms with Crippen LogP contribution in [0.4, 0.5) is 0 Å².